The molecule has 0 fully saturated rings. The zero-order valence-corrected chi connectivity index (χ0v) is 23.2. The van der Waals surface area contributed by atoms with Crippen molar-refractivity contribution in [1.29, 1.82) is 0 Å². The van der Waals surface area contributed by atoms with Crippen molar-refractivity contribution in [1.82, 2.24) is 4.57 Å². The van der Waals surface area contributed by atoms with E-state index in [1.807, 2.05) is 19.1 Å². The number of esters is 1. The number of nitrogens with zero attached hydrogens (tertiary/aromatic N) is 2. The molecule has 2 heterocycles. The number of hydrogen-bond donors (Lipinski definition) is 1. The number of hydrogen-bond acceptors (Lipinski definition) is 7. The van der Waals surface area contributed by atoms with Crippen molar-refractivity contribution >= 4 is 50.9 Å². The maximum Gasteiger partial charge on any atom is 0.338 e. The van der Waals surface area contributed by atoms with Crippen LogP contribution in [0.25, 0.3) is 6.08 Å². The fourth-order valence-electron chi connectivity index (χ4n) is 3.93. The monoisotopic (exact) mass is 590 g/mol. The third-order valence-corrected chi connectivity index (χ3v) is 7.16. The number of rotatable bonds is 6. The van der Waals surface area contributed by atoms with E-state index in [9.17, 15) is 14.7 Å². The summed E-state index contributed by atoms with van der Waals surface area (Å²) in [4.78, 5) is 31.9. The van der Waals surface area contributed by atoms with E-state index in [-0.39, 0.29) is 22.4 Å². The molecule has 1 atom stereocenters. The predicted molar refractivity (Wildman–Crippen MR) is 143 cm³/mol. The molecular weight excluding hydrogens is 568 g/mol. The Bertz CT molecular complexity index is 1540. The van der Waals surface area contributed by atoms with Crippen LogP contribution >= 0.6 is 38.9 Å². The lowest BCUT2D eigenvalue weighted by Crippen LogP contribution is -2.40. The first kappa shape index (κ1) is 26.2. The SMILES string of the molecule is CCOc1ccc([C@H]2C(C(=O)OC(C)C)=C(C)N=c3s/c(=C/c4cc(Br)cc(Cl)c4O)c(=O)n32)cc1. The quantitative estimate of drug-likeness (QED) is 0.420. The molecule has 1 N–H and O–H groups in total. The van der Waals surface area contributed by atoms with Crippen LogP contribution in [0, 0.1) is 0 Å². The number of fused-ring (bicyclic) bond motifs is 1. The maximum atomic E-state index is 13.7. The predicted octanol–water partition coefficient (Wildman–Crippen LogP) is 4.71. The second-order valence-corrected chi connectivity index (χ2v) is 10.7. The van der Waals surface area contributed by atoms with E-state index >= 15 is 0 Å². The fourth-order valence-corrected chi connectivity index (χ4v) is 5.80. The summed E-state index contributed by atoms with van der Waals surface area (Å²) < 4.78 is 13.6. The number of carbonyl (C=O) groups is 1. The van der Waals surface area contributed by atoms with Gasteiger partial charge in [-0.15, -0.1) is 0 Å². The Morgan fingerprint density at radius 2 is 2.00 bits per heavy atom. The van der Waals surface area contributed by atoms with Crippen LogP contribution in [0.2, 0.25) is 5.02 Å². The Hall–Kier alpha value is -2.88. The summed E-state index contributed by atoms with van der Waals surface area (Å²) in [7, 11) is 0. The summed E-state index contributed by atoms with van der Waals surface area (Å²) in [6, 6.07) is 9.75. The topological polar surface area (TPSA) is 90.1 Å². The molecule has 36 heavy (non-hydrogen) atoms. The molecule has 0 aliphatic carbocycles. The van der Waals surface area contributed by atoms with Crippen molar-refractivity contribution < 1.29 is 19.4 Å². The molecule has 3 aromatic rings. The molecule has 1 aliphatic heterocycles. The highest BCUT2D eigenvalue weighted by Crippen LogP contribution is 2.33. The van der Waals surface area contributed by atoms with E-state index in [0.29, 0.717) is 48.6 Å². The molecule has 1 aliphatic rings. The highest BCUT2D eigenvalue weighted by molar-refractivity contribution is 9.10. The van der Waals surface area contributed by atoms with Gasteiger partial charge in [0.15, 0.2) is 4.80 Å². The lowest BCUT2D eigenvalue weighted by molar-refractivity contribution is -0.143. The molecule has 188 valence electrons. The largest absolute Gasteiger partial charge is 0.506 e. The summed E-state index contributed by atoms with van der Waals surface area (Å²) in [6.45, 7) is 7.69. The number of aromatic nitrogens is 1. The minimum atomic E-state index is -0.745. The average Bonchev–Trinajstić information content (AvgIpc) is 3.11. The first-order valence-corrected chi connectivity index (χ1v) is 13.2. The molecule has 0 amide bonds. The first-order valence-electron chi connectivity index (χ1n) is 11.2. The molecule has 0 spiro atoms. The third-order valence-electron chi connectivity index (χ3n) is 5.44. The lowest BCUT2D eigenvalue weighted by atomic mass is 9.96. The van der Waals surface area contributed by atoms with Gasteiger partial charge in [-0.2, -0.15) is 0 Å². The molecule has 4 rings (SSSR count). The zero-order valence-electron chi connectivity index (χ0n) is 20.0. The van der Waals surface area contributed by atoms with Crippen molar-refractivity contribution in [2.24, 2.45) is 4.99 Å². The number of phenolic OH excluding ortho intramolecular Hbond substituents is 1. The highest BCUT2D eigenvalue weighted by atomic mass is 79.9. The van der Waals surface area contributed by atoms with Gasteiger partial charge in [0, 0.05) is 10.0 Å². The number of aromatic hydroxyl groups is 1. The Labute approximate surface area is 225 Å². The van der Waals surface area contributed by atoms with Gasteiger partial charge in [0.05, 0.1) is 39.6 Å². The molecule has 0 unspecified atom stereocenters. The average molecular weight is 592 g/mol. The van der Waals surface area contributed by atoms with Crippen LogP contribution in [-0.4, -0.2) is 28.4 Å². The van der Waals surface area contributed by atoms with Crippen molar-refractivity contribution in [2.45, 2.75) is 39.8 Å². The van der Waals surface area contributed by atoms with E-state index in [1.165, 1.54) is 15.9 Å². The van der Waals surface area contributed by atoms with Gasteiger partial charge in [-0.05, 0) is 63.6 Å². The van der Waals surface area contributed by atoms with Crippen molar-refractivity contribution in [3.63, 3.8) is 0 Å². The molecular formula is C26H24BrClN2O5S. The maximum absolute atomic E-state index is 13.7. The van der Waals surface area contributed by atoms with Gasteiger partial charge < -0.3 is 14.6 Å². The first-order chi connectivity index (χ1) is 17.1. The summed E-state index contributed by atoms with van der Waals surface area (Å²) in [5.74, 6) is 0.0182. The number of halogens is 2. The van der Waals surface area contributed by atoms with Crippen molar-refractivity contribution in [2.75, 3.05) is 6.61 Å². The summed E-state index contributed by atoms with van der Waals surface area (Å²) in [5.41, 5.74) is 1.51. The fraction of sp³-hybridized carbons (Fsp3) is 0.269. The number of phenols is 1. The second-order valence-electron chi connectivity index (χ2n) is 8.36. The smallest absolute Gasteiger partial charge is 0.338 e. The molecule has 10 heteroatoms. The van der Waals surface area contributed by atoms with Gasteiger partial charge >= 0.3 is 5.97 Å². The number of thiazole rings is 1. The molecule has 0 saturated carbocycles. The van der Waals surface area contributed by atoms with Crippen LogP contribution < -0.4 is 19.6 Å². The number of ether oxygens (including phenoxy) is 2. The molecule has 0 saturated heterocycles. The van der Waals surface area contributed by atoms with Crippen LogP contribution in [0.15, 0.2) is 61.9 Å². The van der Waals surface area contributed by atoms with E-state index in [4.69, 9.17) is 21.1 Å². The summed E-state index contributed by atoms with van der Waals surface area (Å²) >= 11 is 10.6. The van der Waals surface area contributed by atoms with Gasteiger partial charge in [-0.1, -0.05) is 51.0 Å². The number of allylic oxidation sites excluding steroid dienone is 1. The number of benzene rings is 2. The lowest BCUT2D eigenvalue weighted by Gasteiger charge is -2.25. The van der Waals surface area contributed by atoms with Crippen molar-refractivity contribution in [3.05, 3.63) is 88.0 Å². The Kier molecular flexibility index (Phi) is 7.73. The molecule has 0 radical (unpaired) electrons. The Morgan fingerprint density at radius 3 is 2.64 bits per heavy atom. The van der Waals surface area contributed by atoms with Crippen LogP contribution in [0.3, 0.4) is 0 Å². The molecule has 2 aromatic carbocycles. The molecule has 1 aromatic heterocycles. The van der Waals surface area contributed by atoms with Crippen molar-refractivity contribution in [3.8, 4) is 11.5 Å². The summed E-state index contributed by atoms with van der Waals surface area (Å²) in [6.07, 6.45) is 1.23. The van der Waals surface area contributed by atoms with Crippen LogP contribution in [-0.2, 0) is 9.53 Å². The van der Waals surface area contributed by atoms with E-state index in [1.54, 1.807) is 51.1 Å². The van der Waals surface area contributed by atoms with Crippen LogP contribution in [0.5, 0.6) is 11.5 Å². The normalized spacial score (nSPS) is 15.6. The van der Waals surface area contributed by atoms with Gasteiger partial charge in [0.2, 0.25) is 0 Å². The van der Waals surface area contributed by atoms with E-state index < -0.39 is 12.0 Å². The Morgan fingerprint density at radius 1 is 1.31 bits per heavy atom. The minimum absolute atomic E-state index is 0.133. The second kappa shape index (κ2) is 10.6. The third kappa shape index (κ3) is 5.14. The molecule has 0 bridgehead atoms. The van der Waals surface area contributed by atoms with Crippen LogP contribution in [0.4, 0.5) is 0 Å². The van der Waals surface area contributed by atoms with E-state index in [2.05, 4.69) is 20.9 Å². The van der Waals surface area contributed by atoms with Gasteiger partial charge in [-0.25, -0.2) is 9.79 Å². The van der Waals surface area contributed by atoms with Crippen LogP contribution in [0.1, 0.15) is 44.9 Å². The zero-order chi connectivity index (χ0) is 26.1. The molecule has 7 nitrogen and oxygen atoms in total. The van der Waals surface area contributed by atoms with Gasteiger partial charge in [0.1, 0.15) is 11.5 Å². The minimum Gasteiger partial charge on any atom is -0.506 e. The van der Waals surface area contributed by atoms with Gasteiger partial charge in [-0.3, -0.25) is 9.36 Å². The standard InChI is InChI=1S/C26H24BrClN2O5S/c1-5-34-18-8-6-15(7-9-18)22-21(25(33)35-13(2)3)14(4)29-26-30(22)24(32)20(36-26)11-16-10-17(27)12-19(28)23(16)31/h6-13,22,31H,5H2,1-4H3/b20-11+/t22-/m0/s1. The Balaban J connectivity index is 1.94. The highest BCUT2D eigenvalue weighted by Gasteiger charge is 2.33. The number of carbonyl (C=O) groups excluding carboxylic acids is 1. The van der Waals surface area contributed by atoms with Gasteiger partial charge in [0.25, 0.3) is 5.56 Å². The van der Waals surface area contributed by atoms with E-state index in [0.717, 1.165) is 0 Å². The summed E-state index contributed by atoms with van der Waals surface area (Å²) in [5, 5.41) is 10.6.